The van der Waals surface area contributed by atoms with E-state index in [1.807, 2.05) is 35.2 Å². The fourth-order valence-corrected chi connectivity index (χ4v) is 2.85. The molecule has 0 atom stereocenters. The monoisotopic (exact) mass is 359 g/mol. The van der Waals surface area contributed by atoms with Crippen molar-refractivity contribution in [2.45, 2.75) is 33.2 Å². The van der Waals surface area contributed by atoms with Gasteiger partial charge in [0, 0.05) is 18.3 Å². The second-order valence-corrected chi connectivity index (χ2v) is 7.03. The highest BCUT2D eigenvalue weighted by Crippen LogP contribution is 2.15. The molecule has 0 bridgehead atoms. The Morgan fingerprint density at radius 1 is 1.15 bits per heavy atom. The summed E-state index contributed by atoms with van der Waals surface area (Å²) in [6, 6.07) is 18.3. The number of aryl methyl sites for hydroxylation is 1. The van der Waals surface area contributed by atoms with E-state index < -0.39 is 0 Å². The van der Waals surface area contributed by atoms with Crippen LogP contribution in [0, 0.1) is 6.92 Å². The summed E-state index contributed by atoms with van der Waals surface area (Å²) in [6.45, 7) is 7.07. The molecular formula is C23H25N3O. The quantitative estimate of drug-likeness (QED) is 0.629. The van der Waals surface area contributed by atoms with Crippen LogP contribution in [-0.2, 0) is 11.3 Å². The normalized spacial score (nSPS) is 11.3. The van der Waals surface area contributed by atoms with E-state index in [0.717, 1.165) is 5.56 Å². The first-order valence-electron chi connectivity index (χ1n) is 9.17. The molecule has 0 spiro atoms. The number of aromatic nitrogens is 2. The minimum Gasteiger partial charge on any atom is -0.306 e. The third kappa shape index (κ3) is 5.42. The summed E-state index contributed by atoms with van der Waals surface area (Å²) < 4.78 is 1.82. The number of rotatable bonds is 6. The van der Waals surface area contributed by atoms with Crippen LogP contribution in [0.2, 0.25) is 0 Å². The second kappa shape index (κ2) is 8.49. The first kappa shape index (κ1) is 18.6. The van der Waals surface area contributed by atoms with Gasteiger partial charge in [-0.15, -0.1) is 0 Å². The summed E-state index contributed by atoms with van der Waals surface area (Å²) in [4.78, 5) is 12.1. The van der Waals surface area contributed by atoms with E-state index in [0.29, 0.717) is 18.3 Å². The van der Waals surface area contributed by atoms with Gasteiger partial charge >= 0.3 is 0 Å². The number of nitrogens with one attached hydrogen (secondary N) is 1. The number of carbonyl (C=O) groups is 1. The van der Waals surface area contributed by atoms with E-state index in [9.17, 15) is 4.79 Å². The average Bonchev–Trinajstić information content (AvgIpc) is 3.07. The molecular weight excluding hydrogens is 334 g/mol. The molecule has 0 unspecified atom stereocenters. The van der Waals surface area contributed by atoms with Crippen LogP contribution in [0.15, 0.2) is 66.9 Å². The van der Waals surface area contributed by atoms with Gasteiger partial charge in [-0.05, 0) is 35.6 Å². The third-order valence-corrected chi connectivity index (χ3v) is 4.35. The summed E-state index contributed by atoms with van der Waals surface area (Å²) in [5.41, 5.74) is 4.69. The molecule has 4 heteroatoms. The Hall–Kier alpha value is -3.14. The first-order chi connectivity index (χ1) is 13.0. The summed E-state index contributed by atoms with van der Waals surface area (Å²) in [5, 5.41) is 7.21. The fourth-order valence-electron chi connectivity index (χ4n) is 2.85. The van der Waals surface area contributed by atoms with Crippen molar-refractivity contribution in [1.29, 1.82) is 0 Å². The van der Waals surface area contributed by atoms with Crippen molar-refractivity contribution in [1.82, 2.24) is 9.78 Å². The van der Waals surface area contributed by atoms with Crippen molar-refractivity contribution in [2.24, 2.45) is 0 Å². The maximum Gasteiger partial charge on any atom is 0.249 e. The number of carbonyl (C=O) groups excluding carboxylic acids is 1. The van der Waals surface area contributed by atoms with Gasteiger partial charge in [-0.25, -0.2) is 0 Å². The number of hydrogen-bond acceptors (Lipinski definition) is 2. The maximum atomic E-state index is 12.1. The third-order valence-electron chi connectivity index (χ3n) is 4.35. The maximum absolute atomic E-state index is 12.1. The lowest BCUT2D eigenvalue weighted by Gasteiger charge is -2.04. The molecule has 1 heterocycles. The number of hydrogen-bond donors (Lipinski definition) is 1. The van der Waals surface area contributed by atoms with Gasteiger partial charge in [0.05, 0.1) is 6.54 Å². The molecule has 0 aliphatic carbocycles. The molecule has 4 nitrogen and oxygen atoms in total. The lowest BCUT2D eigenvalue weighted by molar-refractivity contribution is -0.111. The molecule has 27 heavy (non-hydrogen) atoms. The molecule has 3 aromatic rings. The molecule has 0 radical (unpaired) electrons. The second-order valence-electron chi connectivity index (χ2n) is 7.03. The van der Waals surface area contributed by atoms with Crippen molar-refractivity contribution in [3.8, 4) is 0 Å². The molecule has 3 rings (SSSR count). The largest absolute Gasteiger partial charge is 0.306 e. The van der Waals surface area contributed by atoms with Crippen LogP contribution in [0.5, 0.6) is 0 Å². The molecule has 2 aromatic carbocycles. The minimum absolute atomic E-state index is 0.191. The minimum atomic E-state index is -0.191. The van der Waals surface area contributed by atoms with Crippen molar-refractivity contribution in [3.63, 3.8) is 0 Å². The Morgan fingerprint density at radius 2 is 1.93 bits per heavy atom. The molecule has 1 N–H and O–H groups in total. The van der Waals surface area contributed by atoms with Gasteiger partial charge in [-0.3, -0.25) is 9.48 Å². The Kier molecular flexibility index (Phi) is 5.87. The highest BCUT2D eigenvalue weighted by atomic mass is 16.1. The zero-order valence-corrected chi connectivity index (χ0v) is 16.0. The molecule has 138 valence electrons. The summed E-state index contributed by atoms with van der Waals surface area (Å²) in [6.07, 6.45) is 5.21. The molecule has 0 fully saturated rings. The Morgan fingerprint density at radius 3 is 2.63 bits per heavy atom. The molecule has 0 saturated heterocycles. The van der Waals surface area contributed by atoms with Crippen molar-refractivity contribution in [2.75, 3.05) is 5.32 Å². The van der Waals surface area contributed by atoms with Crippen LogP contribution >= 0.6 is 0 Å². The first-order valence-corrected chi connectivity index (χ1v) is 9.17. The lowest BCUT2D eigenvalue weighted by atomic mass is 10.0. The SMILES string of the molecule is Cc1cccc(Cn2ccc(NC(=O)/C=C/c3ccc(C(C)C)cc3)n2)c1. The average molecular weight is 359 g/mol. The molecule has 1 aromatic heterocycles. The molecule has 1 amide bonds. The summed E-state index contributed by atoms with van der Waals surface area (Å²) in [7, 11) is 0. The number of amides is 1. The standard InChI is InChI=1S/C23H25N3O/c1-17(2)21-10-7-19(8-11-21)9-12-23(27)24-22-13-14-26(25-22)16-20-6-4-5-18(3)15-20/h4-15,17H,16H2,1-3H3,(H,24,25,27)/b12-9+. The van der Waals surface area contributed by atoms with E-state index in [-0.39, 0.29) is 5.91 Å². The van der Waals surface area contributed by atoms with Crippen LogP contribution in [0.4, 0.5) is 5.82 Å². The predicted octanol–water partition coefficient (Wildman–Crippen LogP) is 5.02. The summed E-state index contributed by atoms with van der Waals surface area (Å²) in [5.74, 6) is 0.859. The van der Waals surface area contributed by atoms with Gasteiger partial charge in [0.25, 0.3) is 0 Å². The Balaban J connectivity index is 1.57. The van der Waals surface area contributed by atoms with E-state index in [4.69, 9.17) is 0 Å². The molecule has 0 saturated carbocycles. The van der Waals surface area contributed by atoms with Crippen LogP contribution in [0.3, 0.4) is 0 Å². The summed E-state index contributed by atoms with van der Waals surface area (Å²) >= 11 is 0. The Labute approximate surface area is 160 Å². The smallest absolute Gasteiger partial charge is 0.249 e. The van der Waals surface area contributed by atoms with Crippen LogP contribution in [0.25, 0.3) is 6.08 Å². The number of nitrogens with zero attached hydrogens (tertiary/aromatic N) is 2. The van der Waals surface area contributed by atoms with Gasteiger partial charge in [0.1, 0.15) is 0 Å². The zero-order chi connectivity index (χ0) is 19.2. The van der Waals surface area contributed by atoms with E-state index >= 15 is 0 Å². The van der Waals surface area contributed by atoms with E-state index in [2.05, 4.69) is 61.5 Å². The van der Waals surface area contributed by atoms with Crippen LogP contribution in [0.1, 0.15) is 42.0 Å². The topological polar surface area (TPSA) is 46.9 Å². The predicted molar refractivity (Wildman–Crippen MR) is 111 cm³/mol. The van der Waals surface area contributed by atoms with Gasteiger partial charge in [0.15, 0.2) is 5.82 Å². The van der Waals surface area contributed by atoms with Crippen molar-refractivity contribution >= 4 is 17.8 Å². The zero-order valence-electron chi connectivity index (χ0n) is 16.0. The Bertz CT molecular complexity index is 936. The van der Waals surface area contributed by atoms with Gasteiger partial charge in [0.2, 0.25) is 5.91 Å². The van der Waals surface area contributed by atoms with E-state index in [1.54, 1.807) is 6.07 Å². The highest BCUT2D eigenvalue weighted by molar-refractivity contribution is 6.01. The van der Waals surface area contributed by atoms with Gasteiger partial charge in [-0.1, -0.05) is 67.9 Å². The molecule has 0 aliphatic heterocycles. The van der Waals surface area contributed by atoms with E-state index in [1.165, 1.54) is 22.8 Å². The van der Waals surface area contributed by atoms with Crippen molar-refractivity contribution in [3.05, 3.63) is 89.1 Å². The fraction of sp³-hybridized carbons (Fsp3) is 0.217. The lowest BCUT2D eigenvalue weighted by Crippen LogP contribution is -2.09. The number of benzene rings is 2. The number of anilines is 1. The van der Waals surface area contributed by atoms with Crippen LogP contribution < -0.4 is 5.32 Å². The van der Waals surface area contributed by atoms with Crippen LogP contribution in [-0.4, -0.2) is 15.7 Å². The van der Waals surface area contributed by atoms with Crippen molar-refractivity contribution < 1.29 is 4.79 Å². The van der Waals surface area contributed by atoms with Gasteiger partial charge in [-0.2, -0.15) is 5.10 Å². The van der Waals surface area contributed by atoms with Gasteiger partial charge < -0.3 is 5.32 Å². The molecule has 0 aliphatic rings. The highest BCUT2D eigenvalue weighted by Gasteiger charge is 2.03.